The van der Waals surface area contributed by atoms with Gasteiger partial charge in [-0.25, -0.2) is 0 Å². The highest BCUT2D eigenvalue weighted by atomic mass is 16.7. The fraction of sp³-hybridized carbons (Fsp3) is 0.429. The van der Waals surface area contributed by atoms with Crippen molar-refractivity contribution in [3.63, 3.8) is 0 Å². The number of hydrogen-bond acceptors (Lipinski definition) is 6. The van der Waals surface area contributed by atoms with E-state index in [0.717, 1.165) is 0 Å². The van der Waals surface area contributed by atoms with Gasteiger partial charge in [-0.1, -0.05) is 30.3 Å². The predicted octanol–water partition coefficient (Wildman–Crippen LogP) is 1.09. The number of rotatable bonds is 6. The van der Waals surface area contributed by atoms with Crippen LogP contribution in [0.25, 0.3) is 0 Å². The van der Waals surface area contributed by atoms with E-state index in [2.05, 4.69) is 9.47 Å². The van der Waals surface area contributed by atoms with Crippen molar-refractivity contribution in [1.29, 1.82) is 0 Å². The highest BCUT2D eigenvalue weighted by Gasteiger charge is 2.52. The van der Waals surface area contributed by atoms with Crippen molar-refractivity contribution in [2.45, 2.75) is 5.79 Å². The van der Waals surface area contributed by atoms with Crippen LogP contribution in [0, 0.1) is 5.92 Å². The van der Waals surface area contributed by atoms with E-state index >= 15 is 0 Å². The zero-order valence-electron chi connectivity index (χ0n) is 11.9. The van der Waals surface area contributed by atoms with E-state index in [0.29, 0.717) is 5.56 Å². The second-order valence-electron chi connectivity index (χ2n) is 3.92. The summed E-state index contributed by atoms with van der Waals surface area (Å²) in [4.78, 5) is 23.9. The third kappa shape index (κ3) is 2.81. The first-order chi connectivity index (χ1) is 9.57. The molecule has 0 unspecified atom stereocenters. The van der Waals surface area contributed by atoms with Gasteiger partial charge in [0.1, 0.15) is 0 Å². The molecule has 0 aliphatic carbocycles. The van der Waals surface area contributed by atoms with Gasteiger partial charge < -0.3 is 18.9 Å². The van der Waals surface area contributed by atoms with E-state index in [9.17, 15) is 9.59 Å². The fourth-order valence-electron chi connectivity index (χ4n) is 2.03. The molecule has 0 bridgehead atoms. The van der Waals surface area contributed by atoms with E-state index < -0.39 is 23.6 Å². The minimum Gasteiger partial charge on any atom is -0.468 e. The second-order valence-corrected chi connectivity index (χ2v) is 3.92. The lowest BCUT2D eigenvalue weighted by molar-refractivity contribution is -0.253. The Balaban J connectivity index is 3.41. The van der Waals surface area contributed by atoms with Gasteiger partial charge in [0.25, 0.3) is 0 Å². The van der Waals surface area contributed by atoms with Gasteiger partial charge in [0.15, 0.2) is 0 Å². The van der Waals surface area contributed by atoms with Crippen LogP contribution < -0.4 is 0 Å². The molecule has 20 heavy (non-hydrogen) atoms. The maximum Gasteiger partial charge on any atom is 0.326 e. The largest absolute Gasteiger partial charge is 0.468 e. The van der Waals surface area contributed by atoms with Crippen molar-refractivity contribution in [2.75, 3.05) is 28.4 Å². The highest BCUT2D eigenvalue weighted by molar-refractivity contribution is 5.96. The molecule has 0 radical (unpaired) electrons. The molecule has 0 fully saturated rings. The van der Waals surface area contributed by atoms with Crippen LogP contribution in [-0.2, 0) is 34.3 Å². The molecule has 0 atom stereocenters. The average molecular weight is 282 g/mol. The molecule has 1 aromatic carbocycles. The molecule has 1 rings (SSSR count). The van der Waals surface area contributed by atoms with Crippen molar-refractivity contribution in [1.82, 2.24) is 0 Å². The zero-order valence-corrected chi connectivity index (χ0v) is 11.9. The molecular weight excluding hydrogens is 264 g/mol. The Morgan fingerprint density at radius 1 is 0.900 bits per heavy atom. The minimum atomic E-state index is -1.61. The van der Waals surface area contributed by atoms with Crippen LogP contribution in [-0.4, -0.2) is 40.4 Å². The van der Waals surface area contributed by atoms with Crippen LogP contribution in [0.4, 0.5) is 0 Å². The first-order valence-corrected chi connectivity index (χ1v) is 5.88. The lowest BCUT2D eigenvalue weighted by Crippen LogP contribution is -2.48. The van der Waals surface area contributed by atoms with Crippen LogP contribution >= 0.6 is 0 Å². The summed E-state index contributed by atoms with van der Waals surface area (Å²) in [6, 6.07) is 8.66. The number of methoxy groups -OCH3 is 4. The molecule has 0 saturated heterocycles. The molecular formula is C14H18O6. The summed E-state index contributed by atoms with van der Waals surface area (Å²) in [5.74, 6) is -4.61. The Kier molecular flexibility index (Phi) is 5.66. The molecule has 0 amide bonds. The summed E-state index contributed by atoms with van der Waals surface area (Å²) in [5.41, 5.74) is 0.505. The smallest absolute Gasteiger partial charge is 0.326 e. The molecule has 0 N–H and O–H groups in total. The van der Waals surface area contributed by atoms with Crippen molar-refractivity contribution in [2.24, 2.45) is 5.92 Å². The summed E-state index contributed by atoms with van der Waals surface area (Å²) >= 11 is 0. The number of carbonyl (C=O) groups is 2. The van der Waals surface area contributed by atoms with Gasteiger partial charge in [-0.3, -0.25) is 9.59 Å². The number of benzene rings is 1. The average Bonchev–Trinajstić information content (AvgIpc) is 2.52. The molecule has 0 saturated carbocycles. The third-order valence-corrected chi connectivity index (χ3v) is 3.04. The van der Waals surface area contributed by atoms with Gasteiger partial charge in [-0.2, -0.15) is 0 Å². The van der Waals surface area contributed by atoms with Crippen molar-refractivity contribution >= 4 is 11.9 Å². The van der Waals surface area contributed by atoms with Gasteiger partial charge in [-0.05, 0) is 0 Å². The van der Waals surface area contributed by atoms with Crippen LogP contribution in [0.1, 0.15) is 5.56 Å². The van der Waals surface area contributed by atoms with Crippen LogP contribution in [0.2, 0.25) is 0 Å². The molecule has 0 spiro atoms. The third-order valence-electron chi connectivity index (χ3n) is 3.04. The Morgan fingerprint density at radius 3 is 1.70 bits per heavy atom. The summed E-state index contributed by atoms with van der Waals surface area (Å²) in [7, 11) is 5.05. The Labute approximate surface area is 117 Å². The van der Waals surface area contributed by atoms with Crippen molar-refractivity contribution in [3.8, 4) is 0 Å². The normalized spacial score (nSPS) is 11.2. The van der Waals surface area contributed by atoms with E-state index in [-0.39, 0.29) is 0 Å². The maximum absolute atomic E-state index is 12.0. The number of carbonyl (C=O) groups excluding carboxylic acids is 2. The van der Waals surface area contributed by atoms with E-state index in [1.165, 1.54) is 28.4 Å². The topological polar surface area (TPSA) is 71.1 Å². The second kappa shape index (κ2) is 7.02. The maximum atomic E-state index is 12.0. The van der Waals surface area contributed by atoms with Crippen LogP contribution in [0.5, 0.6) is 0 Å². The Morgan fingerprint density at radius 2 is 1.35 bits per heavy atom. The molecule has 6 nitrogen and oxygen atoms in total. The molecule has 1 aromatic rings. The quantitative estimate of drug-likeness (QED) is 0.442. The number of ether oxygens (including phenoxy) is 4. The summed E-state index contributed by atoms with van der Waals surface area (Å²) in [5, 5.41) is 0. The first-order valence-electron chi connectivity index (χ1n) is 5.88. The SMILES string of the molecule is COC(=O)C(C(=O)OC)C(OC)(OC)c1ccccc1. The first kappa shape index (κ1) is 16.1. The van der Waals surface area contributed by atoms with Crippen molar-refractivity contribution in [3.05, 3.63) is 35.9 Å². The lowest BCUT2D eigenvalue weighted by atomic mass is 9.91. The van der Waals surface area contributed by atoms with E-state index in [4.69, 9.17) is 9.47 Å². The fourth-order valence-corrected chi connectivity index (χ4v) is 2.03. The number of hydrogen-bond donors (Lipinski definition) is 0. The van der Waals surface area contributed by atoms with Gasteiger partial charge in [0.2, 0.25) is 11.7 Å². The summed E-state index contributed by atoms with van der Waals surface area (Å²) in [6.07, 6.45) is 0. The Hall–Kier alpha value is -1.92. The van der Waals surface area contributed by atoms with Gasteiger partial charge >= 0.3 is 11.9 Å². The van der Waals surface area contributed by atoms with E-state index in [1.54, 1.807) is 30.3 Å². The highest BCUT2D eigenvalue weighted by Crippen LogP contribution is 2.35. The van der Waals surface area contributed by atoms with Gasteiger partial charge in [0.05, 0.1) is 14.2 Å². The summed E-state index contributed by atoms with van der Waals surface area (Å²) in [6.45, 7) is 0. The molecule has 0 aliphatic heterocycles. The summed E-state index contributed by atoms with van der Waals surface area (Å²) < 4.78 is 20.0. The monoisotopic (exact) mass is 282 g/mol. The predicted molar refractivity (Wildman–Crippen MR) is 69.7 cm³/mol. The van der Waals surface area contributed by atoms with Crippen LogP contribution in [0.15, 0.2) is 30.3 Å². The minimum absolute atomic E-state index is 0.505. The van der Waals surface area contributed by atoms with E-state index in [1.807, 2.05) is 0 Å². The molecule has 6 heteroatoms. The van der Waals surface area contributed by atoms with Gasteiger partial charge in [-0.15, -0.1) is 0 Å². The van der Waals surface area contributed by atoms with Gasteiger partial charge in [0, 0.05) is 19.8 Å². The Bertz CT molecular complexity index is 436. The van der Waals surface area contributed by atoms with Crippen LogP contribution in [0.3, 0.4) is 0 Å². The molecule has 0 aliphatic rings. The number of esters is 2. The molecule has 0 aromatic heterocycles. The van der Waals surface area contributed by atoms with Crippen molar-refractivity contribution < 1.29 is 28.5 Å². The molecule has 110 valence electrons. The standard InChI is InChI=1S/C14H18O6/c1-17-12(15)11(13(16)18-2)14(19-3,20-4)10-8-6-5-7-9-10/h5-9,11H,1-4H3. The lowest BCUT2D eigenvalue weighted by Gasteiger charge is -2.35. The molecule has 0 heterocycles. The zero-order chi connectivity index (χ0) is 15.2.